The zero-order chi connectivity index (χ0) is 17.3. The van der Waals surface area contributed by atoms with E-state index < -0.39 is 0 Å². The molecule has 0 saturated carbocycles. The van der Waals surface area contributed by atoms with Gasteiger partial charge in [0.15, 0.2) is 0 Å². The van der Waals surface area contributed by atoms with E-state index in [1.807, 2.05) is 11.0 Å². The number of urea groups is 1. The number of nitrogens with zero attached hydrogens (tertiary/aromatic N) is 2. The van der Waals surface area contributed by atoms with Crippen LogP contribution in [-0.4, -0.2) is 49.6 Å². The van der Waals surface area contributed by atoms with Crippen molar-refractivity contribution in [3.05, 3.63) is 47.8 Å². The average molecular weight is 332 g/mol. The quantitative estimate of drug-likeness (QED) is 0.794. The summed E-state index contributed by atoms with van der Waals surface area (Å²) in [6.45, 7) is 5.59. The molecule has 1 aliphatic heterocycles. The molecule has 4 nitrogen and oxygen atoms in total. The molecule has 0 N–H and O–H groups in total. The standard InChI is InChI=1S/C19H25FN2O2/c1-4-11-24-17-13-19(16-12-14(20)5-6-15(16)17)7-9-22(10-8-19)18(23)21(2)3/h4-6,12,17H,1,7-11,13H2,2-3H3. The topological polar surface area (TPSA) is 32.8 Å². The Labute approximate surface area is 142 Å². The third-order valence-electron chi connectivity index (χ3n) is 5.30. The zero-order valence-corrected chi connectivity index (χ0v) is 14.4. The molecule has 2 aliphatic rings. The van der Waals surface area contributed by atoms with Crippen LogP contribution >= 0.6 is 0 Å². The summed E-state index contributed by atoms with van der Waals surface area (Å²) in [6, 6.07) is 5.06. The van der Waals surface area contributed by atoms with Gasteiger partial charge in [0.1, 0.15) is 5.82 Å². The molecule has 1 unspecified atom stereocenters. The van der Waals surface area contributed by atoms with E-state index in [9.17, 15) is 9.18 Å². The van der Waals surface area contributed by atoms with Crippen LogP contribution in [0, 0.1) is 5.82 Å². The summed E-state index contributed by atoms with van der Waals surface area (Å²) >= 11 is 0. The van der Waals surface area contributed by atoms with Crippen molar-refractivity contribution in [3.8, 4) is 0 Å². The molecule has 1 saturated heterocycles. The van der Waals surface area contributed by atoms with Gasteiger partial charge in [-0.05, 0) is 42.5 Å². The Kier molecular flexibility index (Phi) is 4.63. The molecule has 0 aromatic heterocycles. The van der Waals surface area contributed by atoms with Gasteiger partial charge in [0, 0.05) is 32.6 Å². The molecule has 1 aliphatic carbocycles. The molecule has 0 bridgehead atoms. The van der Waals surface area contributed by atoms with Crippen molar-refractivity contribution in [2.75, 3.05) is 33.8 Å². The summed E-state index contributed by atoms with van der Waals surface area (Å²) < 4.78 is 19.8. The van der Waals surface area contributed by atoms with Crippen molar-refractivity contribution in [1.29, 1.82) is 0 Å². The van der Waals surface area contributed by atoms with Crippen LogP contribution in [0.4, 0.5) is 9.18 Å². The van der Waals surface area contributed by atoms with Gasteiger partial charge in [-0.2, -0.15) is 0 Å². The van der Waals surface area contributed by atoms with E-state index in [-0.39, 0.29) is 23.4 Å². The van der Waals surface area contributed by atoms with E-state index in [0.717, 1.165) is 30.4 Å². The SMILES string of the molecule is C=CCOC1CC2(CCN(C(=O)N(C)C)CC2)c2cc(F)ccc21. The minimum Gasteiger partial charge on any atom is -0.369 e. The second-order valence-corrected chi connectivity index (χ2v) is 6.99. The first-order valence-electron chi connectivity index (χ1n) is 8.45. The third kappa shape index (κ3) is 2.93. The first-order valence-corrected chi connectivity index (χ1v) is 8.45. The van der Waals surface area contributed by atoms with Crippen molar-refractivity contribution in [2.24, 2.45) is 0 Å². The molecule has 5 heteroatoms. The van der Waals surface area contributed by atoms with Crippen molar-refractivity contribution in [2.45, 2.75) is 30.8 Å². The molecule has 1 spiro atoms. The highest BCUT2D eigenvalue weighted by Crippen LogP contribution is 2.52. The Morgan fingerprint density at radius 1 is 1.46 bits per heavy atom. The minimum atomic E-state index is -0.204. The molecular weight excluding hydrogens is 307 g/mol. The van der Waals surface area contributed by atoms with Crippen LogP contribution in [0.15, 0.2) is 30.9 Å². The van der Waals surface area contributed by atoms with Crippen LogP contribution < -0.4 is 0 Å². The molecule has 1 atom stereocenters. The maximum Gasteiger partial charge on any atom is 0.319 e. The highest BCUT2D eigenvalue weighted by molar-refractivity contribution is 5.74. The van der Waals surface area contributed by atoms with Crippen LogP contribution in [0.3, 0.4) is 0 Å². The third-order valence-corrected chi connectivity index (χ3v) is 5.30. The van der Waals surface area contributed by atoms with Crippen molar-refractivity contribution in [1.82, 2.24) is 9.80 Å². The van der Waals surface area contributed by atoms with Gasteiger partial charge >= 0.3 is 6.03 Å². The van der Waals surface area contributed by atoms with Crippen LogP contribution in [0.2, 0.25) is 0 Å². The van der Waals surface area contributed by atoms with E-state index in [1.165, 1.54) is 6.07 Å². The molecule has 1 fully saturated rings. The largest absolute Gasteiger partial charge is 0.369 e. The van der Waals surface area contributed by atoms with Gasteiger partial charge in [0.2, 0.25) is 0 Å². The van der Waals surface area contributed by atoms with Crippen LogP contribution in [0.25, 0.3) is 0 Å². The number of amides is 2. The Morgan fingerprint density at radius 3 is 2.79 bits per heavy atom. The molecule has 2 amide bonds. The number of rotatable bonds is 3. The lowest BCUT2D eigenvalue weighted by Crippen LogP contribution is -2.47. The second-order valence-electron chi connectivity index (χ2n) is 6.99. The Morgan fingerprint density at radius 2 is 2.17 bits per heavy atom. The second kappa shape index (κ2) is 6.55. The van der Waals surface area contributed by atoms with E-state index in [0.29, 0.717) is 19.7 Å². The lowest BCUT2D eigenvalue weighted by atomic mass is 9.73. The summed E-state index contributed by atoms with van der Waals surface area (Å²) in [4.78, 5) is 15.6. The number of hydrogen-bond acceptors (Lipinski definition) is 2. The zero-order valence-electron chi connectivity index (χ0n) is 14.4. The van der Waals surface area contributed by atoms with Gasteiger partial charge in [0.25, 0.3) is 0 Å². The van der Waals surface area contributed by atoms with Crippen LogP contribution in [0.1, 0.15) is 36.5 Å². The van der Waals surface area contributed by atoms with Crippen LogP contribution in [-0.2, 0) is 10.2 Å². The molecule has 1 aromatic carbocycles. The summed E-state index contributed by atoms with van der Waals surface area (Å²) in [5, 5.41) is 0. The fourth-order valence-corrected chi connectivity index (χ4v) is 4.06. The average Bonchev–Trinajstić information content (AvgIpc) is 2.86. The molecule has 24 heavy (non-hydrogen) atoms. The highest BCUT2D eigenvalue weighted by Gasteiger charge is 2.46. The van der Waals surface area contributed by atoms with Crippen molar-refractivity contribution < 1.29 is 13.9 Å². The highest BCUT2D eigenvalue weighted by atomic mass is 19.1. The number of halogens is 1. The summed E-state index contributed by atoms with van der Waals surface area (Å²) in [7, 11) is 3.54. The molecule has 1 aromatic rings. The number of ether oxygens (including phenoxy) is 1. The van der Waals surface area contributed by atoms with Gasteiger partial charge in [-0.3, -0.25) is 0 Å². The minimum absolute atomic E-state index is 0.0188. The van der Waals surface area contributed by atoms with Gasteiger partial charge in [0.05, 0.1) is 12.7 Å². The number of carbonyl (C=O) groups excluding carboxylic acids is 1. The molecular formula is C19H25FN2O2. The van der Waals surface area contributed by atoms with Gasteiger partial charge in [-0.15, -0.1) is 6.58 Å². The van der Waals surface area contributed by atoms with Crippen molar-refractivity contribution in [3.63, 3.8) is 0 Å². The number of likely N-dealkylation sites (tertiary alicyclic amines) is 1. The summed E-state index contributed by atoms with van der Waals surface area (Å²) in [5.41, 5.74) is 2.06. The number of fused-ring (bicyclic) bond motifs is 2. The fourth-order valence-electron chi connectivity index (χ4n) is 4.06. The first kappa shape index (κ1) is 17.0. The van der Waals surface area contributed by atoms with Crippen LogP contribution in [0.5, 0.6) is 0 Å². The van der Waals surface area contributed by atoms with E-state index in [4.69, 9.17) is 4.74 Å². The normalized spacial score (nSPS) is 21.6. The Balaban J connectivity index is 1.83. The lowest BCUT2D eigenvalue weighted by Gasteiger charge is -2.41. The molecule has 130 valence electrons. The fraction of sp³-hybridized carbons (Fsp3) is 0.526. The number of hydrogen-bond donors (Lipinski definition) is 0. The molecule has 0 radical (unpaired) electrons. The van der Waals surface area contributed by atoms with Crippen molar-refractivity contribution >= 4 is 6.03 Å². The van der Waals surface area contributed by atoms with E-state index in [2.05, 4.69) is 6.58 Å². The Bertz CT molecular complexity index is 636. The van der Waals surface area contributed by atoms with Gasteiger partial charge in [-0.1, -0.05) is 12.1 Å². The lowest BCUT2D eigenvalue weighted by molar-refractivity contribution is 0.0509. The van der Waals surface area contributed by atoms with Gasteiger partial charge in [-0.25, -0.2) is 9.18 Å². The molecule has 3 rings (SSSR count). The predicted octanol–water partition coefficient (Wildman–Crippen LogP) is 3.49. The smallest absolute Gasteiger partial charge is 0.319 e. The van der Waals surface area contributed by atoms with E-state index in [1.54, 1.807) is 31.1 Å². The monoisotopic (exact) mass is 332 g/mol. The van der Waals surface area contributed by atoms with E-state index >= 15 is 0 Å². The maximum absolute atomic E-state index is 13.9. The number of piperidine rings is 1. The first-order chi connectivity index (χ1) is 11.5. The number of carbonyl (C=O) groups is 1. The summed E-state index contributed by atoms with van der Waals surface area (Å²) in [5.74, 6) is -0.204. The Hall–Kier alpha value is -1.88. The number of benzene rings is 1. The molecule has 1 heterocycles. The maximum atomic E-state index is 13.9. The van der Waals surface area contributed by atoms with Gasteiger partial charge < -0.3 is 14.5 Å². The summed E-state index contributed by atoms with van der Waals surface area (Å²) in [6.07, 6.45) is 4.26. The predicted molar refractivity (Wildman–Crippen MR) is 91.5 cm³/mol.